The van der Waals surface area contributed by atoms with Crippen LogP contribution in [-0.2, 0) is 26.3 Å². The van der Waals surface area contributed by atoms with E-state index in [2.05, 4.69) is 81.5 Å². The third kappa shape index (κ3) is 9.01. The minimum Gasteiger partial charge on any atom is -0.493 e. The Hall–Kier alpha value is -4.88. The van der Waals surface area contributed by atoms with E-state index in [1.165, 1.54) is 32.1 Å². The number of hydrogen-bond acceptors (Lipinski definition) is 8. The van der Waals surface area contributed by atoms with Gasteiger partial charge in [-0.1, -0.05) is 41.9 Å². The van der Waals surface area contributed by atoms with Crippen molar-refractivity contribution in [3.05, 3.63) is 124 Å². The summed E-state index contributed by atoms with van der Waals surface area (Å²) in [6.45, 7) is 10.1. The van der Waals surface area contributed by atoms with Crippen LogP contribution in [0.5, 0.6) is 17.2 Å². The Bertz CT molecular complexity index is 1920. The second kappa shape index (κ2) is 17.2. The fraction of sp³-hybridized carbons (Fsp3) is 0.325. The molecular weight excluding hydrogens is 648 g/mol. The van der Waals surface area contributed by atoms with Crippen molar-refractivity contribution < 1.29 is 14.2 Å². The van der Waals surface area contributed by atoms with Crippen LogP contribution in [0, 0.1) is 25.2 Å². The van der Waals surface area contributed by atoms with Gasteiger partial charge in [0.05, 0.1) is 29.2 Å². The molecule has 0 amide bonds. The maximum absolute atomic E-state index is 9.30. The van der Waals surface area contributed by atoms with Crippen molar-refractivity contribution in [1.82, 2.24) is 25.2 Å². The van der Waals surface area contributed by atoms with Crippen molar-refractivity contribution in [3.63, 3.8) is 0 Å². The van der Waals surface area contributed by atoms with Crippen LogP contribution < -0.4 is 19.5 Å². The molecule has 1 fully saturated rings. The predicted octanol–water partition coefficient (Wildman–Crippen LogP) is 7.93. The van der Waals surface area contributed by atoms with E-state index in [4.69, 9.17) is 25.8 Å². The highest BCUT2D eigenvalue weighted by atomic mass is 35.5. The van der Waals surface area contributed by atoms with Gasteiger partial charge in [-0.05, 0) is 92.2 Å². The minimum absolute atomic E-state index is 0.234. The average Bonchev–Trinajstić information content (AvgIpc) is 3.86. The Balaban J connectivity index is 1.16. The number of pyridine rings is 1. The average molecular weight is 691 g/mol. The summed E-state index contributed by atoms with van der Waals surface area (Å²) in [4.78, 5) is 13.9. The van der Waals surface area contributed by atoms with E-state index in [1.54, 1.807) is 18.6 Å². The Morgan fingerprint density at radius 3 is 2.48 bits per heavy atom. The van der Waals surface area contributed by atoms with Crippen LogP contribution in [0.3, 0.4) is 0 Å². The fourth-order valence-corrected chi connectivity index (χ4v) is 6.53. The molecule has 5 aromatic rings. The predicted molar refractivity (Wildman–Crippen MR) is 195 cm³/mol. The summed E-state index contributed by atoms with van der Waals surface area (Å²) in [6.07, 6.45) is 10.4. The van der Waals surface area contributed by atoms with Crippen LogP contribution in [0.15, 0.2) is 79.5 Å². The van der Waals surface area contributed by atoms with Crippen LogP contribution in [0.1, 0.15) is 58.3 Å². The Morgan fingerprint density at radius 1 is 0.880 bits per heavy atom. The number of nitrogens with one attached hydrogen (secondary N) is 2. The first-order valence-corrected chi connectivity index (χ1v) is 17.5. The standard InChI is InChI=1S/C40H43ClN6O3/c1-28-32(8-5-9-35(28)36-10-6-11-38(29(36)2)48-15-7-14-47-12-3-4-13-47)26-50-40-18-39(49-25-31-16-30(19-42)20-43-21-31)33(17-37(40)41)22-44-23-34-24-45-27-46-34/h5-6,8-11,16-18,20-21,24,27,44H,3-4,7,12-15,22-23,25-26H2,1-2H3,(H,45,46). The van der Waals surface area contributed by atoms with Gasteiger partial charge in [0.25, 0.3) is 0 Å². The highest BCUT2D eigenvalue weighted by molar-refractivity contribution is 6.32. The first-order valence-electron chi connectivity index (χ1n) is 17.1. The zero-order valence-electron chi connectivity index (χ0n) is 28.7. The summed E-state index contributed by atoms with van der Waals surface area (Å²) in [6, 6.07) is 20.2. The van der Waals surface area contributed by atoms with E-state index in [9.17, 15) is 5.26 Å². The first kappa shape index (κ1) is 35.0. The number of ether oxygens (including phenoxy) is 3. The van der Waals surface area contributed by atoms with Gasteiger partial charge in [-0.25, -0.2) is 4.98 Å². The quantitative estimate of drug-likeness (QED) is 0.101. The molecule has 3 heterocycles. The van der Waals surface area contributed by atoms with Gasteiger partial charge in [-0.15, -0.1) is 0 Å². The monoisotopic (exact) mass is 690 g/mol. The second-order valence-electron chi connectivity index (χ2n) is 12.6. The second-order valence-corrected chi connectivity index (χ2v) is 13.0. The number of aromatic amines is 1. The molecule has 1 aliphatic heterocycles. The Kier molecular flexibility index (Phi) is 12.0. The van der Waals surface area contributed by atoms with Crippen molar-refractivity contribution in [2.24, 2.45) is 0 Å². The smallest absolute Gasteiger partial charge is 0.142 e. The van der Waals surface area contributed by atoms with Crippen LogP contribution in [0.2, 0.25) is 5.02 Å². The van der Waals surface area contributed by atoms with Gasteiger partial charge in [0.15, 0.2) is 0 Å². The SMILES string of the molecule is Cc1c(COc2cc(OCc3cncc(C#N)c3)c(CNCc3c[nH]cn3)cc2Cl)cccc1-c1cccc(OCCCN2CCCC2)c1C. The van der Waals surface area contributed by atoms with E-state index in [0.717, 1.165) is 63.4 Å². The molecule has 0 bridgehead atoms. The van der Waals surface area contributed by atoms with Gasteiger partial charge < -0.3 is 29.4 Å². The molecule has 2 N–H and O–H groups in total. The van der Waals surface area contributed by atoms with Gasteiger partial charge in [0.1, 0.15) is 36.5 Å². The summed E-state index contributed by atoms with van der Waals surface area (Å²) >= 11 is 6.81. The summed E-state index contributed by atoms with van der Waals surface area (Å²) in [5.41, 5.74) is 8.66. The van der Waals surface area contributed by atoms with Crippen molar-refractivity contribution >= 4 is 11.6 Å². The van der Waals surface area contributed by atoms with Crippen molar-refractivity contribution in [1.29, 1.82) is 5.26 Å². The van der Waals surface area contributed by atoms with E-state index in [-0.39, 0.29) is 6.61 Å². The molecule has 0 spiro atoms. The molecule has 0 aliphatic carbocycles. The third-order valence-electron chi connectivity index (χ3n) is 9.09. The molecule has 0 saturated carbocycles. The maximum Gasteiger partial charge on any atom is 0.142 e. The summed E-state index contributed by atoms with van der Waals surface area (Å²) in [7, 11) is 0. The molecule has 1 saturated heterocycles. The molecule has 1 aliphatic rings. The van der Waals surface area contributed by atoms with Crippen molar-refractivity contribution in [2.75, 3.05) is 26.2 Å². The first-order chi connectivity index (χ1) is 24.5. The molecule has 9 nitrogen and oxygen atoms in total. The summed E-state index contributed by atoms with van der Waals surface area (Å²) in [5, 5.41) is 13.2. The van der Waals surface area contributed by atoms with Crippen LogP contribution in [-0.4, -0.2) is 46.1 Å². The number of aromatic nitrogens is 3. The van der Waals surface area contributed by atoms with Crippen molar-refractivity contribution in [3.8, 4) is 34.4 Å². The maximum atomic E-state index is 9.30. The van der Waals surface area contributed by atoms with E-state index in [0.29, 0.717) is 48.4 Å². The highest BCUT2D eigenvalue weighted by Crippen LogP contribution is 2.36. The lowest BCUT2D eigenvalue weighted by Gasteiger charge is -2.18. The zero-order valence-corrected chi connectivity index (χ0v) is 29.4. The molecule has 2 aromatic heterocycles. The van der Waals surface area contributed by atoms with Crippen LogP contribution in [0.25, 0.3) is 11.1 Å². The van der Waals surface area contributed by atoms with E-state index >= 15 is 0 Å². The molecule has 50 heavy (non-hydrogen) atoms. The topological polar surface area (TPSA) is 108 Å². The normalized spacial score (nSPS) is 12.9. The van der Waals surface area contributed by atoms with E-state index < -0.39 is 0 Å². The number of hydrogen-bond donors (Lipinski definition) is 2. The number of imidazole rings is 1. The number of rotatable bonds is 16. The van der Waals surface area contributed by atoms with Gasteiger partial charge in [-0.2, -0.15) is 5.26 Å². The molecule has 10 heteroatoms. The van der Waals surface area contributed by atoms with Crippen molar-refractivity contribution in [2.45, 2.75) is 59.4 Å². The van der Waals surface area contributed by atoms with Crippen LogP contribution >= 0.6 is 11.6 Å². The number of halogens is 1. The molecular formula is C40H43ClN6O3. The lowest BCUT2D eigenvalue weighted by atomic mass is 9.93. The van der Waals surface area contributed by atoms with Gasteiger partial charge in [-0.3, -0.25) is 4.98 Å². The van der Waals surface area contributed by atoms with Gasteiger partial charge >= 0.3 is 0 Å². The van der Waals surface area contributed by atoms with E-state index in [1.807, 2.05) is 18.3 Å². The molecule has 6 rings (SSSR count). The van der Waals surface area contributed by atoms with Crippen LogP contribution in [0.4, 0.5) is 0 Å². The number of nitrogens with zero attached hydrogens (tertiary/aromatic N) is 4. The Labute approximate surface area is 299 Å². The lowest BCUT2D eigenvalue weighted by Crippen LogP contribution is -2.22. The zero-order chi connectivity index (χ0) is 34.7. The third-order valence-corrected chi connectivity index (χ3v) is 9.38. The number of likely N-dealkylation sites (tertiary alicyclic amines) is 1. The molecule has 3 aromatic carbocycles. The molecule has 0 radical (unpaired) electrons. The molecule has 0 unspecified atom stereocenters. The van der Waals surface area contributed by atoms with Gasteiger partial charge in [0.2, 0.25) is 0 Å². The summed E-state index contributed by atoms with van der Waals surface area (Å²) < 4.78 is 18.9. The highest BCUT2D eigenvalue weighted by Gasteiger charge is 2.16. The minimum atomic E-state index is 0.234. The lowest BCUT2D eigenvalue weighted by molar-refractivity contribution is 0.262. The van der Waals surface area contributed by atoms with Gasteiger partial charge in [0, 0.05) is 55.4 Å². The number of benzene rings is 3. The fourth-order valence-electron chi connectivity index (χ4n) is 6.29. The number of H-pyrrole nitrogens is 1. The molecule has 258 valence electrons. The Morgan fingerprint density at radius 2 is 1.68 bits per heavy atom. The largest absolute Gasteiger partial charge is 0.493 e. The number of nitriles is 1. The summed E-state index contributed by atoms with van der Waals surface area (Å²) in [5.74, 6) is 2.07. The molecule has 0 atom stereocenters.